The molecule has 0 aliphatic rings. The molecule has 1 amide bonds. The second-order valence-electron chi connectivity index (χ2n) is 5.62. The van der Waals surface area contributed by atoms with Crippen LogP contribution in [0, 0.1) is 3.70 Å². The number of rotatable bonds is 4. The molecule has 0 aliphatic heterocycles. The fourth-order valence-electron chi connectivity index (χ4n) is 2.83. The van der Waals surface area contributed by atoms with E-state index in [0.717, 1.165) is 25.6 Å². The SMILES string of the molecule is O=C(NCCn1c(=O)[nH]c2ccccc21)c1ccc2n[nH]c(I)c2c1. The van der Waals surface area contributed by atoms with Crippen molar-refractivity contribution >= 4 is 50.4 Å². The van der Waals surface area contributed by atoms with Crippen LogP contribution in [-0.4, -0.2) is 32.2 Å². The molecule has 0 aliphatic carbocycles. The number of H-pyrrole nitrogens is 2. The lowest BCUT2D eigenvalue weighted by Crippen LogP contribution is -2.30. The van der Waals surface area contributed by atoms with Gasteiger partial charge in [-0.15, -0.1) is 0 Å². The Hall–Kier alpha value is -2.62. The molecule has 0 saturated heterocycles. The van der Waals surface area contributed by atoms with Crippen molar-refractivity contribution in [2.45, 2.75) is 6.54 Å². The lowest BCUT2D eigenvalue weighted by Gasteiger charge is -2.06. The summed E-state index contributed by atoms with van der Waals surface area (Å²) in [6, 6.07) is 12.9. The fourth-order valence-corrected chi connectivity index (χ4v) is 3.38. The molecule has 0 atom stereocenters. The van der Waals surface area contributed by atoms with Gasteiger partial charge in [-0.05, 0) is 52.9 Å². The van der Waals surface area contributed by atoms with Crippen LogP contribution in [0.2, 0.25) is 0 Å². The van der Waals surface area contributed by atoms with E-state index < -0.39 is 0 Å². The monoisotopic (exact) mass is 447 g/mol. The van der Waals surface area contributed by atoms with E-state index in [1.54, 1.807) is 10.6 Å². The van der Waals surface area contributed by atoms with Gasteiger partial charge in [-0.3, -0.25) is 14.5 Å². The van der Waals surface area contributed by atoms with Crippen LogP contribution in [0.4, 0.5) is 0 Å². The largest absolute Gasteiger partial charge is 0.350 e. The van der Waals surface area contributed by atoms with Crippen molar-refractivity contribution in [1.29, 1.82) is 0 Å². The molecule has 0 unspecified atom stereocenters. The van der Waals surface area contributed by atoms with Crippen LogP contribution in [0.25, 0.3) is 21.9 Å². The Labute approximate surface area is 155 Å². The molecule has 126 valence electrons. The molecule has 2 heterocycles. The van der Waals surface area contributed by atoms with E-state index in [1.165, 1.54) is 0 Å². The lowest BCUT2D eigenvalue weighted by molar-refractivity contribution is 0.0952. The molecule has 4 rings (SSSR count). The van der Waals surface area contributed by atoms with Gasteiger partial charge < -0.3 is 10.3 Å². The Morgan fingerprint density at radius 3 is 2.96 bits per heavy atom. The molecule has 0 fully saturated rings. The van der Waals surface area contributed by atoms with E-state index in [9.17, 15) is 9.59 Å². The Morgan fingerprint density at radius 2 is 2.08 bits per heavy atom. The quantitative estimate of drug-likeness (QED) is 0.419. The first kappa shape index (κ1) is 15.9. The van der Waals surface area contributed by atoms with Gasteiger partial charge in [-0.1, -0.05) is 12.1 Å². The van der Waals surface area contributed by atoms with E-state index in [0.29, 0.717) is 18.7 Å². The highest BCUT2D eigenvalue weighted by molar-refractivity contribution is 14.1. The van der Waals surface area contributed by atoms with Gasteiger partial charge in [0, 0.05) is 24.0 Å². The number of nitrogens with zero attached hydrogens (tertiary/aromatic N) is 2. The molecule has 0 radical (unpaired) electrons. The number of hydrogen-bond donors (Lipinski definition) is 3. The number of imidazole rings is 1. The van der Waals surface area contributed by atoms with Gasteiger partial charge in [0.1, 0.15) is 3.70 Å². The van der Waals surface area contributed by atoms with Crippen LogP contribution >= 0.6 is 22.6 Å². The maximum absolute atomic E-state index is 12.4. The van der Waals surface area contributed by atoms with Gasteiger partial charge in [0.05, 0.1) is 16.6 Å². The molecule has 2 aromatic heterocycles. The molecular formula is C17H14IN5O2. The second kappa shape index (κ2) is 6.36. The highest BCUT2D eigenvalue weighted by Gasteiger charge is 2.10. The van der Waals surface area contributed by atoms with Gasteiger partial charge in [0.2, 0.25) is 0 Å². The summed E-state index contributed by atoms with van der Waals surface area (Å²) in [5, 5.41) is 10.8. The minimum absolute atomic E-state index is 0.174. The third-order valence-corrected chi connectivity index (χ3v) is 4.89. The van der Waals surface area contributed by atoms with Crippen molar-refractivity contribution in [3.8, 4) is 0 Å². The molecule has 0 saturated carbocycles. The van der Waals surface area contributed by atoms with Crippen LogP contribution in [-0.2, 0) is 6.54 Å². The average Bonchev–Trinajstić information content (AvgIpc) is 3.15. The van der Waals surface area contributed by atoms with Crippen molar-refractivity contribution in [2.24, 2.45) is 0 Å². The molecule has 4 aromatic rings. The number of carbonyl (C=O) groups excluding carboxylic acids is 1. The Morgan fingerprint density at radius 1 is 1.24 bits per heavy atom. The predicted molar refractivity (Wildman–Crippen MR) is 104 cm³/mol. The normalized spacial score (nSPS) is 11.2. The molecule has 3 N–H and O–H groups in total. The first-order chi connectivity index (χ1) is 12.1. The van der Waals surface area contributed by atoms with Crippen LogP contribution in [0.5, 0.6) is 0 Å². The predicted octanol–water partition coefficient (Wildman–Crippen LogP) is 2.24. The zero-order chi connectivity index (χ0) is 17.4. The first-order valence-corrected chi connectivity index (χ1v) is 8.81. The summed E-state index contributed by atoms with van der Waals surface area (Å²) in [6.07, 6.45) is 0. The number of hydrogen-bond acceptors (Lipinski definition) is 3. The van der Waals surface area contributed by atoms with Gasteiger partial charge in [0.25, 0.3) is 5.91 Å². The fraction of sp³-hybridized carbons (Fsp3) is 0.118. The van der Waals surface area contributed by atoms with Crippen molar-refractivity contribution in [2.75, 3.05) is 6.54 Å². The number of nitrogens with one attached hydrogen (secondary N) is 3. The Kier molecular flexibility index (Phi) is 4.04. The number of fused-ring (bicyclic) bond motifs is 2. The van der Waals surface area contributed by atoms with Gasteiger partial charge in [-0.2, -0.15) is 5.10 Å². The molecule has 8 heteroatoms. The highest BCUT2D eigenvalue weighted by atomic mass is 127. The van der Waals surface area contributed by atoms with E-state index >= 15 is 0 Å². The number of halogens is 1. The number of amides is 1. The van der Waals surface area contributed by atoms with Gasteiger partial charge >= 0.3 is 5.69 Å². The maximum atomic E-state index is 12.4. The minimum Gasteiger partial charge on any atom is -0.350 e. The third-order valence-electron chi connectivity index (χ3n) is 4.07. The number of carbonyl (C=O) groups is 1. The molecule has 0 bridgehead atoms. The summed E-state index contributed by atoms with van der Waals surface area (Å²) in [7, 11) is 0. The third kappa shape index (κ3) is 2.93. The number of para-hydroxylation sites is 2. The summed E-state index contributed by atoms with van der Waals surface area (Å²) < 4.78 is 2.52. The van der Waals surface area contributed by atoms with Crippen molar-refractivity contribution in [3.63, 3.8) is 0 Å². The second-order valence-corrected chi connectivity index (χ2v) is 6.70. The Balaban J connectivity index is 1.48. The molecule has 2 aromatic carbocycles. The van der Waals surface area contributed by atoms with Crippen LogP contribution in [0.1, 0.15) is 10.4 Å². The van der Waals surface area contributed by atoms with Gasteiger partial charge in [0.15, 0.2) is 0 Å². The maximum Gasteiger partial charge on any atom is 0.326 e. The first-order valence-electron chi connectivity index (χ1n) is 7.73. The lowest BCUT2D eigenvalue weighted by atomic mass is 10.1. The summed E-state index contributed by atoms with van der Waals surface area (Å²) in [5.41, 5.74) is 2.84. The van der Waals surface area contributed by atoms with Crippen molar-refractivity contribution in [3.05, 3.63) is 62.2 Å². The topological polar surface area (TPSA) is 95.6 Å². The van der Waals surface area contributed by atoms with Crippen LogP contribution < -0.4 is 11.0 Å². The zero-order valence-corrected chi connectivity index (χ0v) is 15.2. The van der Waals surface area contributed by atoms with Crippen molar-refractivity contribution < 1.29 is 4.79 Å². The summed E-state index contributed by atoms with van der Waals surface area (Å²) in [5.74, 6) is -0.174. The van der Waals surface area contributed by atoms with Crippen molar-refractivity contribution in [1.82, 2.24) is 25.1 Å². The van der Waals surface area contributed by atoms with Gasteiger partial charge in [-0.25, -0.2) is 4.79 Å². The number of benzene rings is 2. The molecule has 0 spiro atoms. The van der Waals surface area contributed by atoms with Crippen LogP contribution in [0.15, 0.2) is 47.3 Å². The van der Waals surface area contributed by atoms with E-state index in [1.807, 2.05) is 36.4 Å². The standard InChI is InChI=1S/C17H14IN5O2/c18-15-11-9-10(5-6-12(11)21-22-15)16(24)19-7-8-23-14-4-2-1-3-13(14)20-17(23)25/h1-6,9H,7-8H2,(H,19,24)(H,20,25)(H,21,22). The highest BCUT2D eigenvalue weighted by Crippen LogP contribution is 2.19. The molecular weight excluding hydrogens is 433 g/mol. The van der Waals surface area contributed by atoms with E-state index in [2.05, 4.69) is 43.1 Å². The van der Waals surface area contributed by atoms with E-state index in [4.69, 9.17) is 0 Å². The minimum atomic E-state index is -0.176. The average molecular weight is 447 g/mol. The molecule has 25 heavy (non-hydrogen) atoms. The Bertz CT molecular complexity index is 1140. The zero-order valence-electron chi connectivity index (χ0n) is 13.0. The summed E-state index contributed by atoms with van der Waals surface area (Å²) >= 11 is 2.15. The smallest absolute Gasteiger partial charge is 0.326 e. The van der Waals surface area contributed by atoms with Crippen LogP contribution in [0.3, 0.4) is 0 Å². The number of aromatic nitrogens is 4. The summed E-state index contributed by atoms with van der Waals surface area (Å²) in [4.78, 5) is 27.2. The number of aromatic amines is 2. The molecule has 7 nitrogen and oxygen atoms in total. The van der Waals surface area contributed by atoms with E-state index in [-0.39, 0.29) is 11.6 Å². The summed E-state index contributed by atoms with van der Waals surface area (Å²) in [6.45, 7) is 0.765.